The molecule has 3 rings (SSSR count). The second kappa shape index (κ2) is 7.90. The first-order chi connectivity index (χ1) is 12.5. The highest BCUT2D eigenvalue weighted by molar-refractivity contribution is 5.91. The van der Waals surface area contributed by atoms with Crippen molar-refractivity contribution < 1.29 is 14.0 Å². The number of hydrogen-bond acceptors (Lipinski definition) is 5. The van der Waals surface area contributed by atoms with Crippen molar-refractivity contribution in [1.82, 2.24) is 15.1 Å². The molecule has 0 saturated carbocycles. The molecule has 1 aliphatic heterocycles. The van der Waals surface area contributed by atoms with Gasteiger partial charge in [-0.25, -0.2) is 4.39 Å². The van der Waals surface area contributed by atoms with Gasteiger partial charge in [0.05, 0.1) is 6.42 Å². The summed E-state index contributed by atoms with van der Waals surface area (Å²) in [7, 11) is 0. The van der Waals surface area contributed by atoms with Gasteiger partial charge in [-0.15, -0.1) is 10.2 Å². The van der Waals surface area contributed by atoms with Gasteiger partial charge in [0.15, 0.2) is 11.6 Å². The van der Waals surface area contributed by atoms with Gasteiger partial charge >= 0.3 is 0 Å². The van der Waals surface area contributed by atoms with E-state index in [1.165, 1.54) is 12.1 Å². The minimum absolute atomic E-state index is 0.0787. The van der Waals surface area contributed by atoms with Crippen molar-refractivity contribution in [3.8, 4) is 0 Å². The number of anilines is 2. The van der Waals surface area contributed by atoms with E-state index in [1.807, 2.05) is 0 Å². The molecule has 2 amide bonds. The molecule has 1 aliphatic rings. The lowest BCUT2D eigenvalue weighted by Crippen LogP contribution is -2.48. The van der Waals surface area contributed by atoms with Gasteiger partial charge in [0.1, 0.15) is 5.82 Å². The fourth-order valence-corrected chi connectivity index (χ4v) is 2.79. The molecule has 0 atom stereocenters. The monoisotopic (exact) mass is 357 g/mol. The first-order valence-electron chi connectivity index (χ1n) is 8.40. The number of nitrogens with zero attached hydrogens (tertiary/aromatic N) is 4. The smallest absolute Gasteiger partial charge is 0.229 e. The zero-order chi connectivity index (χ0) is 18.5. The largest absolute Gasteiger partial charge is 0.352 e. The lowest BCUT2D eigenvalue weighted by atomic mass is 10.1. The first kappa shape index (κ1) is 17.8. The van der Waals surface area contributed by atoms with E-state index in [-0.39, 0.29) is 24.1 Å². The predicted octanol–water partition coefficient (Wildman–Crippen LogP) is 1.47. The number of amides is 2. The average Bonchev–Trinajstić information content (AvgIpc) is 2.64. The van der Waals surface area contributed by atoms with Gasteiger partial charge in [0, 0.05) is 33.1 Å². The van der Waals surface area contributed by atoms with Crippen molar-refractivity contribution in [2.24, 2.45) is 0 Å². The molecule has 2 heterocycles. The molecule has 136 valence electrons. The van der Waals surface area contributed by atoms with E-state index in [9.17, 15) is 14.0 Å². The normalized spacial score (nSPS) is 14.2. The Kier molecular flexibility index (Phi) is 5.40. The van der Waals surface area contributed by atoms with Crippen molar-refractivity contribution in [3.63, 3.8) is 0 Å². The summed E-state index contributed by atoms with van der Waals surface area (Å²) < 4.78 is 12.9. The molecule has 1 aromatic carbocycles. The topological polar surface area (TPSA) is 78.4 Å². The van der Waals surface area contributed by atoms with E-state index in [1.54, 1.807) is 36.1 Å². The first-order valence-corrected chi connectivity index (χ1v) is 8.40. The Morgan fingerprint density at radius 1 is 1.04 bits per heavy atom. The van der Waals surface area contributed by atoms with Crippen molar-refractivity contribution >= 4 is 23.5 Å². The van der Waals surface area contributed by atoms with Crippen LogP contribution in [0.2, 0.25) is 0 Å². The van der Waals surface area contributed by atoms with E-state index in [0.717, 1.165) is 5.56 Å². The van der Waals surface area contributed by atoms with Crippen molar-refractivity contribution in [1.29, 1.82) is 0 Å². The molecule has 2 aromatic rings. The quantitative estimate of drug-likeness (QED) is 0.896. The van der Waals surface area contributed by atoms with Gasteiger partial charge in [0.25, 0.3) is 0 Å². The van der Waals surface area contributed by atoms with Gasteiger partial charge in [-0.1, -0.05) is 12.1 Å². The Bertz CT molecular complexity index is 771. The lowest BCUT2D eigenvalue weighted by Gasteiger charge is -2.34. The molecule has 1 saturated heterocycles. The molecule has 26 heavy (non-hydrogen) atoms. The van der Waals surface area contributed by atoms with Gasteiger partial charge in [0.2, 0.25) is 11.8 Å². The predicted molar refractivity (Wildman–Crippen MR) is 95.2 cm³/mol. The third kappa shape index (κ3) is 4.53. The highest BCUT2D eigenvalue weighted by atomic mass is 19.1. The number of carbonyl (C=O) groups is 2. The maximum absolute atomic E-state index is 12.9. The number of halogens is 1. The zero-order valence-corrected chi connectivity index (χ0v) is 14.5. The minimum Gasteiger partial charge on any atom is -0.352 e. The van der Waals surface area contributed by atoms with E-state index < -0.39 is 0 Å². The van der Waals surface area contributed by atoms with E-state index in [0.29, 0.717) is 37.8 Å². The van der Waals surface area contributed by atoms with Crippen LogP contribution in [-0.4, -0.2) is 53.1 Å². The fourth-order valence-electron chi connectivity index (χ4n) is 2.79. The Morgan fingerprint density at radius 2 is 1.73 bits per heavy atom. The third-order valence-corrected chi connectivity index (χ3v) is 4.24. The van der Waals surface area contributed by atoms with Crippen LogP contribution in [0, 0.1) is 5.82 Å². The van der Waals surface area contributed by atoms with Crippen LogP contribution < -0.4 is 10.2 Å². The highest BCUT2D eigenvalue weighted by Crippen LogP contribution is 2.14. The summed E-state index contributed by atoms with van der Waals surface area (Å²) >= 11 is 0. The van der Waals surface area contributed by atoms with Gasteiger partial charge in [-0.2, -0.15) is 0 Å². The Labute approximate surface area is 150 Å². The maximum Gasteiger partial charge on any atom is 0.229 e. The molecular weight excluding hydrogens is 337 g/mol. The Balaban J connectivity index is 1.53. The maximum atomic E-state index is 12.9. The number of hydrogen-bond donors (Lipinski definition) is 1. The molecule has 0 spiro atoms. The zero-order valence-electron chi connectivity index (χ0n) is 14.5. The number of benzene rings is 1. The lowest BCUT2D eigenvalue weighted by molar-refractivity contribution is -0.129. The third-order valence-electron chi connectivity index (χ3n) is 4.24. The summed E-state index contributed by atoms with van der Waals surface area (Å²) in [6, 6.07) is 9.28. The molecule has 7 nitrogen and oxygen atoms in total. The highest BCUT2D eigenvalue weighted by Gasteiger charge is 2.19. The van der Waals surface area contributed by atoms with Gasteiger partial charge in [-0.3, -0.25) is 9.59 Å². The van der Waals surface area contributed by atoms with E-state index in [2.05, 4.69) is 20.4 Å². The van der Waals surface area contributed by atoms with Crippen LogP contribution >= 0.6 is 0 Å². The van der Waals surface area contributed by atoms with Crippen LogP contribution in [0.3, 0.4) is 0 Å². The molecule has 0 aliphatic carbocycles. The minimum atomic E-state index is -0.334. The molecule has 0 bridgehead atoms. The standard InChI is InChI=1S/C18H20FN5O2/c1-13(25)23-8-10-24(11-9-23)17-7-6-16(21-22-17)20-18(26)12-14-2-4-15(19)5-3-14/h2-7H,8-12H2,1H3,(H,20,21,26). The number of carbonyl (C=O) groups excluding carboxylic acids is 2. The van der Waals surface area contributed by atoms with Crippen LogP contribution in [0.4, 0.5) is 16.0 Å². The van der Waals surface area contributed by atoms with Crippen molar-refractivity contribution in [2.45, 2.75) is 13.3 Å². The summed E-state index contributed by atoms with van der Waals surface area (Å²) in [4.78, 5) is 27.2. The SMILES string of the molecule is CC(=O)N1CCN(c2ccc(NC(=O)Cc3ccc(F)cc3)nn2)CC1. The van der Waals surface area contributed by atoms with Crippen LogP contribution in [0.15, 0.2) is 36.4 Å². The number of piperazine rings is 1. The summed E-state index contributed by atoms with van der Waals surface area (Å²) in [5.41, 5.74) is 0.719. The van der Waals surface area contributed by atoms with E-state index >= 15 is 0 Å². The van der Waals surface area contributed by atoms with Gasteiger partial charge in [-0.05, 0) is 29.8 Å². The fraction of sp³-hybridized carbons (Fsp3) is 0.333. The van der Waals surface area contributed by atoms with Crippen LogP contribution in [0.1, 0.15) is 12.5 Å². The number of aromatic nitrogens is 2. The van der Waals surface area contributed by atoms with Crippen LogP contribution in [-0.2, 0) is 16.0 Å². The number of rotatable bonds is 4. The molecule has 1 aromatic heterocycles. The summed E-state index contributed by atoms with van der Waals surface area (Å²) in [5, 5.41) is 10.9. The molecule has 0 radical (unpaired) electrons. The molecule has 0 unspecified atom stereocenters. The molecule has 1 N–H and O–H groups in total. The van der Waals surface area contributed by atoms with Crippen LogP contribution in [0.25, 0.3) is 0 Å². The van der Waals surface area contributed by atoms with E-state index in [4.69, 9.17) is 0 Å². The Hall–Kier alpha value is -3.03. The van der Waals surface area contributed by atoms with Crippen LogP contribution in [0.5, 0.6) is 0 Å². The van der Waals surface area contributed by atoms with Gasteiger partial charge < -0.3 is 15.1 Å². The average molecular weight is 357 g/mol. The second-order valence-electron chi connectivity index (χ2n) is 6.12. The number of nitrogens with one attached hydrogen (secondary N) is 1. The van der Waals surface area contributed by atoms with Crippen molar-refractivity contribution in [2.75, 3.05) is 36.4 Å². The van der Waals surface area contributed by atoms with Crippen molar-refractivity contribution in [3.05, 3.63) is 47.8 Å². The molecular formula is C18H20FN5O2. The molecule has 1 fully saturated rings. The summed E-state index contributed by atoms with van der Waals surface area (Å²) in [5.74, 6) is 0.580. The summed E-state index contributed by atoms with van der Waals surface area (Å²) in [6.45, 7) is 4.29. The Morgan fingerprint density at radius 3 is 2.31 bits per heavy atom. The second-order valence-corrected chi connectivity index (χ2v) is 6.12. The summed E-state index contributed by atoms with van der Waals surface area (Å²) in [6.07, 6.45) is 0.136. The molecule has 8 heteroatoms.